The average molecular weight is 306 g/mol. The SMILES string of the molecule is O=C(O)C[C@H]1C=C[C@@H](NC(=O)Nc2ccccc2)[C@@H](CO)O1. The summed E-state index contributed by atoms with van der Waals surface area (Å²) in [5, 5.41) is 23.4. The number of aliphatic carboxylic acids is 1. The number of hydrogen-bond donors (Lipinski definition) is 4. The molecule has 0 bridgehead atoms. The van der Waals surface area contributed by atoms with Crippen LogP contribution < -0.4 is 10.6 Å². The van der Waals surface area contributed by atoms with Crippen molar-refractivity contribution in [3.63, 3.8) is 0 Å². The molecule has 1 heterocycles. The fraction of sp³-hybridized carbons (Fsp3) is 0.333. The third-order valence-electron chi connectivity index (χ3n) is 3.17. The molecule has 0 aliphatic carbocycles. The van der Waals surface area contributed by atoms with E-state index in [2.05, 4.69) is 10.6 Å². The topological polar surface area (TPSA) is 108 Å². The summed E-state index contributed by atoms with van der Waals surface area (Å²) >= 11 is 0. The molecule has 7 heteroatoms. The maximum Gasteiger partial charge on any atom is 0.319 e. The van der Waals surface area contributed by atoms with Crippen molar-refractivity contribution in [3.05, 3.63) is 42.5 Å². The number of ether oxygens (including phenoxy) is 1. The van der Waals surface area contributed by atoms with Gasteiger partial charge in [-0.15, -0.1) is 0 Å². The van der Waals surface area contributed by atoms with Crippen molar-refractivity contribution in [1.82, 2.24) is 5.32 Å². The van der Waals surface area contributed by atoms with Gasteiger partial charge in [0, 0.05) is 5.69 Å². The molecule has 0 saturated carbocycles. The van der Waals surface area contributed by atoms with E-state index in [1.807, 2.05) is 6.07 Å². The maximum absolute atomic E-state index is 11.9. The number of aliphatic hydroxyl groups is 1. The Labute approximate surface area is 127 Å². The fourth-order valence-electron chi connectivity index (χ4n) is 2.15. The summed E-state index contributed by atoms with van der Waals surface area (Å²) < 4.78 is 5.45. The van der Waals surface area contributed by atoms with Gasteiger partial charge in [-0.05, 0) is 12.1 Å². The van der Waals surface area contributed by atoms with E-state index in [-0.39, 0.29) is 13.0 Å². The molecule has 0 saturated heterocycles. The van der Waals surface area contributed by atoms with Crippen LogP contribution in [-0.4, -0.2) is 47.1 Å². The summed E-state index contributed by atoms with van der Waals surface area (Å²) in [6.45, 7) is -0.323. The Hall–Kier alpha value is -2.38. The predicted molar refractivity (Wildman–Crippen MR) is 79.5 cm³/mol. The zero-order valence-corrected chi connectivity index (χ0v) is 11.8. The van der Waals surface area contributed by atoms with Crippen LogP contribution >= 0.6 is 0 Å². The maximum atomic E-state index is 11.9. The zero-order chi connectivity index (χ0) is 15.9. The minimum absolute atomic E-state index is 0.185. The molecule has 0 fully saturated rings. The Kier molecular flexibility index (Phi) is 5.51. The minimum Gasteiger partial charge on any atom is -0.481 e. The van der Waals surface area contributed by atoms with Crippen LogP contribution in [0, 0.1) is 0 Å². The van der Waals surface area contributed by atoms with Crippen LogP contribution in [0.3, 0.4) is 0 Å². The largest absolute Gasteiger partial charge is 0.481 e. The Morgan fingerprint density at radius 3 is 2.55 bits per heavy atom. The number of benzene rings is 1. The lowest BCUT2D eigenvalue weighted by Gasteiger charge is -2.31. The molecular weight excluding hydrogens is 288 g/mol. The highest BCUT2D eigenvalue weighted by Gasteiger charge is 2.28. The molecule has 0 radical (unpaired) electrons. The lowest BCUT2D eigenvalue weighted by Crippen LogP contribution is -2.49. The van der Waals surface area contributed by atoms with Gasteiger partial charge in [0.25, 0.3) is 0 Å². The second-order valence-corrected chi connectivity index (χ2v) is 4.87. The number of carbonyl (C=O) groups excluding carboxylic acids is 1. The van der Waals surface area contributed by atoms with Crippen molar-refractivity contribution >= 4 is 17.7 Å². The van der Waals surface area contributed by atoms with Crippen molar-refractivity contribution in [1.29, 1.82) is 0 Å². The molecule has 118 valence electrons. The summed E-state index contributed by atoms with van der Waals surface area (Å²) in [7, 11) is 0. The Morgan fingerprint density at radius 1 is 1.18 bits per heavy atom. The molecule has 1 aromatic rings. The first-order valence-corrected chi connectivity index (χ1v) is 6.87. The van der Waals surface area contributed by atoms with Gasteiger partial charge in [0.2, 0.25) is 0 Å². The number of para-hydroxylation sites is 1. The number of carboxylic acid groups (broad SMARTS) is 1. The van der Waals surface area contributed by atoms with E-state index in [4.69, 9.17) is 9.84 Å². The smallest absolute Gasteiger partial charge is 0.319 e. The van der Waals surface area contributed by atoms with Crippen LogP contribution in [0.15, 0.2) is 42.5 Å². The Morgan fingerprint density at radius 2 is 1.91 bits per heavy atom. The van der Waals surface area contributed by atoms with E-state index in [0.29, 0.717) is 5.69 Å². The second-order valence-electron chi connectivity index (χ2n) is 4.87. The molecule has 1 aromatic carbocycles. The highest BCUT2D eigenvalue weighted by Crippen LogP contribution is 2.16. The molecule has 22 heavy (non-hydrogen) atoms. The number of urea groups is 1. The van der Waals surface area contributed by atoms with E-state index in [9.17, 15) is 14.7 Å². The Bertz CT molecular complexity index is 546. The fourth-order valence-corrected chi connectivity index (χ4v) is 2.15. The molecule has 0 aromatic heterocycles. The molecule has 1 aliphatic heterocycles. The number of rotatable bonds is 5. The van der Waals surface area contributed by atoms with Crippen molar-refractivity contribution < 1.29 is 24.5 Å². The highest BCUT2D eigenvalue weighted by molar-refractivity contribution is 5.89. The summed E-state index contributed by atoms with van der Waals surface area (Å²) in [6.07, 6.45) is 1.74. The molecule has 3 atom stereocenters. The van der Waals surface area contributed by atoms with Gasteiger partial charge in [-0.25, -0.2) is 4.79 Å². The molecule has 4 N–H and O–H groups in total. The number of nitrogens with one attached hydrogen (secondary N) is 2. The van der Waals surface area contributed by atoms with Crippen LogP contribution in [0.2, 0.25) is 0 Å². The summed E-state index contributed by atoms with van der Waals surface area (Å²) in [5.41, 5.74) is 0.644. The van der Waals surface area contributed by atoms with Crippen LogP contribution in [0.5, 0.6) is 0 Å². The first kappa shape index (κ1) is 16.0. The monoisotopic (exact) mass is 306 g/mol. The molecular formula is C15H18N2O5. The average Bonchev–Trinajstić information content (AvgIpc) is 2.49. The second kappa shape index (κ2) is 7.58. The number of aliphatic hydroxyl groups excluding tert-OH is 1. The lowest BCUT2D eigenvalue weighted by atomic mass is 10.1. The third-order valence-corrected chi connectivity index (χ3v) is 3.17. The van der Waals surface area contributed by atoms with Gasteiger partial charge in [-0.3, -0.25) is 4.79 Å². The standard InChI is InChI=1S/C15H18N2O5/c18-9-13-12(7-6-11(22-13)8-14(19)20)17-15(21)16-10-4-2-1-3-5-10/h1-7,11-13,18H,8-9H2,(H,19,20)(H2,16,17,21)/t11-,12-,13-/m1/s1. The third kappa shape index (κ3) is 4.57. The van der Waals surface area contributed by atoms with Crippen LogP contribution in [0.25, 0.3) is 0 Å². The number of carboxylic acids is 1. The van der Waals surface area contributed by atoms with Crippen molar-refractivity contribution in [3.8, 4) is 0 Å². The van der Waals surface area contributed by atoms with Gasteiger partial charge < -0.3 is 25.6 Å². The van der Waals surface area contributed by atoms with Gasteiger partial charge in [0.05, 0.1) is 25.2 Å². The van der Waals surface area contributed by atoms with Crippen molar-refractivity contribution in [2.24, 2.45) is 0 Å². The van der Waals surface area contributed by atoms with Gasteiger partial charge in [0.1, 0.15) is 6.10 Å². The van der Waals surface area contributed by atoms with Crippen LogP contribution in [0.1, 0.15) is 6.42 Å². The number of anilines is 1. The number of hydrogen-bond acceptors (Lipinski definition) is 4. The number of amides is 2. The van der Waals surface area contributed by atoms with E-state index >= 15 is 0 Å². The molecule has 1 aliphatic rings. The van der Waals surface area contributed by atoms with E-state index < -0.39 is 30.3 Å². The minimum atomic E-state index is -0.987. The van der Waals surface area contributed by atoms with E-state index in [1.165, 1.54) is 0 Å². The predicted octanol–water partition coefficient (Wildman–Crippen LogP) is 0.967. The lowest BCUT2D eigenvalue weighted by molar-refractivity contribution is -0.141. The summed E-state index contributed by atoms with van der Waals surface area (Å²) in [6, 6.07) is 7.97. The molecule has 7 nitrogen and oxygen atoms in total. The van der Waals surface area contributed by atoms with Crippen molar-refractivity contribution in [2.75, 3.05) is 11.9 Å². The van der Waals surface area contributed by atoms with Gasteiger partial charge in [-0.2, -0.15) is 0 Å². The van der Waals surface area contributed by atoms with Gasteiger partial charge in [0.15, 0.2) is 0 Å². The van der Waals surface area contributed by atoms with Gasteiger partial charge in [-0.1, -0.05) is 30.4 Å². The van der Waals surface area contributed by atoms with E-state index in [1.54, 1.807) is 36.4 Å². The van der Waals surface area contributed by atoms with E-state index in [0.717, 1.165) is 0 Å². The van der Waals surface area contributed by atoms with Crippen LogP contribution in [0.4, 0.5) is 10.5 Å². The highest BCUT2D eigenvalue weighted by atomic mass is 16.5. The summed E-state index contributed by atoms with van der Waals surface area (Å²) in [4.78, 5) is 22.6. The number of carbonyl (C=O) groups is 2. The zero-order valence-electron chi connectivity index (χ0n) is 11.8. The van der Waals surface area contributed by atoms with Crippen molar-refractivity contribution in [2.45, 2.75) is 24.7 Å². The molecule has 0 spiro atoms. The normalized spacial score (nSPS) is 23.8. The van der Waals surface area contributed by atoms with Gasteiger partial charge >= 0.3 is 12.0 Å². The molecule has 0 unspecified atom stereocenters. The Balaban J connectivity index is 1.93. The molecule has 2 rings (SSSR count). The first-order valence-electron chi connectivity index (χ1n) is 6.87. The first-order chi connectivity index (χ1) is 10.6. The van der Waals surface area contributed by atoms with Crippen LogP contribution in [-0.2, 0) is 9.53 Å². The quantitative estimate of drug-likeness (QED) is 0.606. The summed E-state index contributed by atoms with van der Waals surface area (Å²) in [5.74, 6) is -0.987. The molecule has 2 amide bonds.